The summed E-state index contributed by atoms with van der Waals surface area (Å²) in [5, 5.41) is 2.78. The summed E-state index contributed by atoms with van der Waals surface area (Å²) in [4.78, 5) is 25.1. The average Bonchev–Trinajstić information content (AvgIpc) is 2.96. The second-order valence-electron chi connectivity index (χ2n) is 5.28. The van der Waals surface area contributed by atoms with E-state index in [1.54, 1.807) is 17.0 Å². The third-order valence-electron chi connectivity index (χ3n) is 3.53. The topological polar surface area (TPSA) is 84.7 Å². The highest BCUT2D eigenvalue weighted by Crippen LogP contribution is 2.25. The number of carbonyl (C=O) groups is 2. The number of hydrogen-bond donors (Lipinski definition) is 2. The van der Waals surface area contributed by atoms with E-state index in [-0.39, 0.29) is 18.4 Å². The molecule has 6 heteroatoms. The van der Waals surface area contributed by atoms with Crippen molar-refractivity contribution in [3.05, 3.63) is 24.3 Å². The molecule has 3 N–H and O–H groups in total. The largest absolute Gasteiger partial charge is 0.484 e. The Hall–Kier alpha value is -2.08. The molecular formula is C16H23N3O3. The molecule has 1 heterocycles. The van der Waals surface area contributed by atoms with E-state index in [2.05, 4.69) is 5.32 Å². The maximum atomic E-state index is 11.7. The van der Waals surface area contributed by atoms with Crippen LogP contribution in [0.5, 0.6) is 5.75 Å². The van der Waals surface area contributed by atoms with Crippen LogP contribution >= 0.6 is 0 Å². The van der Waals surface area contributed by atoms with Crippen LogP contribution in [0.1, 0.15) is 25.7 Å². The quantitative estimate of drug-likeness (QED) is 0.703. The van der Waals surface area contributed by atoms with Crippen molar-refractivity contribution in [2.24, 2.45) is 5.73 Å². The second kappa shape index (κ2) is 8.38. The Labute approximate surface area is 130 Å². The zero-order valence-corrected chi connectivity index (χ0v) is 12.7. The molecule has 1 aliphatic heterocycles. The van der Waals surface area contributed by atoms with Gasteiger partial charge in [-0.15, -0.1) is 0 Å². The number of nitrogens with zero attached hydrogens (tertiary/aromatic N) is 1. The van der Waals surface area contributed by atoms with Crippen LogP contribution in [-0.2, 0) is 9.59 Å². The molecule has 2 rings (SSSR count). The van der Waals surface area contributed by atoms with Gasteiger partial charge in [0.15, 0.2) is 6.61 Å². The van der Waals surface area contributed by atoms with Crippen molar-refractivity contribution >= 4 is 17.5 Å². The standard InChI is InChI=1S/C16H23N3O3/c17-8-1-2-9-18-15(20)12-22-14-6-3-5-13(11-14)19-10-4-7-16(19)21/h3,5-6,11H,1-2,4,7-10,12,17H2,(H,18,20). The first-order chi connectivity index (χ1) is 10.7. The molecule has 0 bridgehead atoms. The fourth-order valence-corrected chi connectivity index (χ4v) is 2.36. The Balaban J connectivity index is 1.80. The van der Waals surface area contributed by atoms with Gasteiger partial charge in [-0.1, -0.05) is 6.07 Å². The lowest BCUT2D eigenvalue weighted by molar-refractivity contribution is -0.123. The summed E-state index contributed by atoms with van der Waals surface area (Å²) in [5.41, 5.74) is 6.21. The highest BCUT2D eigenvalue weighted by atomic mass is 16.5. The van der Waals surface area contributed by atoms with Gasteiger partial charge in [-0.2, -0.15) is 0 Å². The van der Waals surface area contributed by atoms with Crippen molar-refractivity contribution in [2.75, 3.05) is 31.1 Å². The first-order valence-corrected chi connectivity index (χ1v) is 7.70. The Morgan fingerprint density at radius 1 is 1.36 bits per heavy atom. The summed E-state index contributed by atoms with van der Waals surface area (Å²) in [5.74, 6) is 0.573. The van der Waals surface area contributed by atoms with E-state index < -0.39 is 0 Å². The molecule has 1 aliphatic rings. The highest BCUT2D eigenvalue weighted by molar-refractivity contribution is 5.95. The SMILES string of the molecule is NCCCCNC(=O)COc1cccc(N2CCCC2=O)c1. The Kier molecular flexibility index (Phi) is 6.21. The number of unbranched alkanes of at least 4 members (excludes halogenated alkanes) is 1. The first-order valence-electron chi connectivity index (χ1n) is 7.70. The number of ether oxygens (including phenoxy) is 1. The zero-order valence-electron chi connectivity index (χ0n) is 12.7. The van der Waals surface area contributed by atoms with Crippen LogP contribution in [0.25, 0.3) is 0 Å². The Morgan fingerprint density at radius 2 is 2.23 bits per heavy atom. The summed E-state index contributed by atoms with van der Waals surface area (Å²) in [6.07, 6.45) is 3.24. The Morgan fingerprint density at radius 3 is 2.95 bits per heavy atom. The molecule has 6 nitrogen and oxygen atoms in total. The lowest BCUT2D eigenvalue weighted by atomic mass is 10.3. The Bertz CT molecular complexity index is 519. The summed E-state index contributed by atoms with van der Waals surface area (Å²) in [6.45, 7) is 1.96. The fourth-order valence-electron chi connectivity index (χ4n) is 2.36. The van der Waals surface area contributed by atoms with Gasteiger partial charge in [0.1, 0.15) is 5.75 Å². The van der Waals surface area contributed by atoms with Crippen LogP contribution in [-0.4, -0.2) is 38.1 Å². The van der Waals surface area contributed by atoms with Gasteiger partial charge in [0, 0.05) is 31.3 Å². The summed E-state index contributed by atoms with van der Waals surface area (Å²) >= 11 is 0. The zero-order chi connectivity index (χ0) is 15.8. The molecule has 120 valence electrons. The van der Waals surface area contributed by atoms with E-state index in [9.17, 15) is 9.59 Å². The maximum Gasteiger partial charge on any atom is 0.257 e. The van der Waals surface area contributed by atoms with E-state index in [4.69, 9.17) is 10.5 Å². The summed E-state index contributed by atoms with van der Waals surface area (Å²) in [6, 6.07) is 7.29. The van der Waals surface area contributed by atoms with Crippen molar-refractivity contribution in [3.63, 3.8) is 0 Å². The lowest BCUT2D eigenvalue weighted by Crippen LogP contribution is -2.30. The van der Waals surface area contributed by atoms with Gasteiger partial charge in [0.2, 0.25) is 5.91 Å². The number of carbonyl (C=O) groups excluding carboxylic acids is 2. The van der Waals surface area contributed by atoms with Crippen molar-refractivity contribution in [2.45, 2.75) is 25.7 Å². The molecule has 2 amide bonds. The molecule has 0 radical (unpaired) electrons. The molecular weight excluding hydrogens is 282 g/mol. The average molecular weight is 305 g/mol. The molecule has 1 fully saturated rings. The van der Waals surface area contributed by atoms with Crippen LogP contribution in [0, 0.1) is 0 Å². The van der Waals surface area contributed by atoms with Crippen LogP contribution < -0.4 is 20.7 Å². The van der Waals surface area contributed by atoms with Gasteiger partial charge in [-0.25, -0.2) is 0 Å². The molecule has 22 heavy (non-hydrogen) atoms. The minimum atomic E-state index is -0.153. The fraction of sp³-hybridized carbons (Fsp3) is 0.500. The van der Waals surface area contributed by atoms with Gasteiger partial charge in [-0.05, 0) is 37.9 Å². The van der Waals surface area contributed by atoms with E-state index in [1.807, 2.05) is 12.1 Å². The van der Waals surface area contributed by atoms with Gasteiger partial charge >= 0.3 is 0 Å². The summed E-state index contributed by atoms with van der Waals surface area (Å²) < 4.78 is 5.49. The monoisotopic (exact) mass is 305 g/mol. The molecule has 1 saturated heterocycles. The minimum absolute atomic E-state index is 0.0278. The smallest absolute Gasteiger partial charge is 0.257 e. The molecule has 0 aliphatic carbocycles. The van der Waals surface area contributed by atoms with Crippen LogP contribution in [0.15, 0.2) is 24.3 Å². The van der Waals surface area contributed by atoms with Gasteiger partial charge in [0.05, 0.1) is 0 Å². The molecule has 1 aromatic rings. The second-order valence-corrected chi connectivity index (χ2v) is 5.28. The van der Waals surface area contributed by atoms with Crippen LogP contribution in [0.2, 0.25) is 0 Å². The predicted octanol–water partition coefficient (Wildman–Crippen LogP) is 1.05. The molecule has 0 aromatic heterocycles. The van der Waals surface area contributed by atoms with Gasteiger partial charge < -0.3 is 20.7 Å². The number of nitrogens with one attached hydrogen (secondary N) is 1. The lowest BCUT2D eigenvalue weighted by Gasteiger charge is -2.16. The number of nitrogens with two attached hydrogens (primary N) is 1. The minimum Gasteiger partial charge on any atom is -0.484 e. The molecule has 0 spiro atoms. The normalized spacial score (nSPS) is 14.2. The highest BCUT2D eigenvalue weighted by Gasteiger charge is 2.21. The third-order valence-corrected chi connectivity index (χ3v) is 3.53. The van der Waals surface area contributed by atoms with E-state index in [0.29, 0.717) is 25.3 Å². The number of anilines is 1. The van der Waals surface area contributed by atoms with Gasteiger partial charge in [0.25, 0.3) is 5.91 Å². The number of benzene rings is 1. The molecule has 1 aromatic carbocycles. The predicted molar refractivity (Wildman–Crippen MR) is 84.8 cm³/mol. The molecule has 0 atom stereocenters. The molecule has 0 saturated carbocycles. The van der Waals surface area contributed by atoms with E-state index >= 15 is 0 Å². The first kappa shape index (κ1) is 16.3. The van der Waals surface area contributed by atoms with Crippen molar-refractivity contribution in [1.29, 1.82) is 0 Å². The molecule has 0 unspecified atom stereocenters. The van der Waals surface area contributed by atoms with Gasteiger partial charge in [-0.3, -0.25) is 9.59 Å². The third kappa shape index (κ3) is 4.73. The van der Waals surface area contributed by atoms with E-state index in [1.165, 1.54) is 0 Å². The van der Waals surface area contributed by atoms with Crippen LogP contribution in [0.3, 0.4) is 0 Å². The number of amides is 2. The number of hydrogen-bond acceptors (Lipinski definition) is 4. The summed E-state index contributed by atoms with van der Waals surface area (Å²) in [7, 11) is 0. The van der Waals surface area contributed by atoms with E-state index in [0.717, 1.165) is 31.5 Å². The van der Waals surface area contributed by atoms with Crippen LogP contribution in [0.4, 0.5) is 5.69 Å². The van der Waals surface area contributed by atoms with Crippen molar-refractivity contribution in [1.82, 2.24) is 5.32 Å². The van der Waals surface area contributed by atoms with Crippen molar-refractivity contribution < 1.29 is 14.3 Å². The number of rotatable bonds is 8. The maximum absolute atomic E-state index is 11.7. The van der Waals surface area contributed by atoms with Crippen molar-refractivity contribution in [3.8, 4) is 5.75 Å².